The molecule has 1 fully saturated rings. The van der Waals surface area contributed by atoms with Crippen molar-refractivity contribution in [1.82, 2.24) is 19.2 Å². The number of piperidine rings is 1. The van der Waals surface area contributed by atoms with Gasteiger partial charge in [-0.3, -0.25) is 9.36 Å². The Balaban J connectivity index is 1.93. The van der Waals surface area contributed by atoms with Crippen LogP contribution in [-0.4, -0.2) is 48.5 Å². The van der Waals surface area contributed by atoms with Gasteiger partial charge in [0.2, 0.25) is 0 Å². The molecule has 0 aliphatic carbocycles. The van der Waals surface area contributed by atoms with Gasteiger partial charge in [-0.15, -0.1) is 4.72 Å². The third-order valence-corrected chi connectivity index (χ3v) is 7.89. The fourth-order valence-electron chi connectivity index (χ4n) is 4.31. The maximum Gasteiger partial charge on any atom is 0.410 e. The Morgan fingerprint density at radius 1 is 1.20 bits per heavy atom. The predicted molar refractivity (Wildman–Crippen MR) is 141 cm³/mol. The number of rotatable bonds is 4. The van der Waals surface area contributed by atoms with Gasteiger partial charge in [-0.05, 0) is 79.9 Å². The summed E-state index contributed by atoms with van der Waals surface area (Å²) in [5, 5.41) is 0.563. The molecule has 2 atom stereocenters. The zero-order valence-corrected chi connectivity index (χ0v) is 23.3. The van der Waals surface area contributed by atoms with E-state index in [4.69, 9.17) is 9.72 Å². The van der Waals surface area contributed by atoms with Gasteiger partial charge in [0.05, 0.1) is 16.9 Å². The van der Waals surface area contributed by atoms with Crippen molar-refractivity contribution in [3.63, 3.8) is 0 Å². The Morgan fingerprint density at radius 2 is 1.80 bits per heavy atom. The van der Waals surface area contributed by atoms with E-state index >= 15 is 0 Å². The summed E-state index contributed by atoms with van der Waals surface area (Å²) in [6.45, 7) is 16.4. The first-order valence-corrected chi connectivity index (χ1v) is 13.4. The van der Waals surface area contributed by atoms with Crippen molar-refractivity contribution in [2.45, 2.75) is 90.5 Å². The van der Waals surface area contributed by atoms with Gasteiger partial charge in [0.15, 0.2) is 0 Å². The van der Waals surface area contributed by atoms with Crippen LogP contribution in [0.3, 0.4) is 0 Å². The maximum atomic E-state index is 13.4. The number of nitrogens with one attached hydrogen (secondary N) is 1. The van der Waals surface area contributed by atoms with Crippen molar-refractivity contribution in [3.05, 3.63) is 39.4 Å². The van der Waals surface area contributed by atoms with Crippen molar-refractivity contribution < 1.29 is 14.1 Å². The summed E-state index contributed by atoms with van der Waals surface area (Å²) in [5.41, 5.74) is 1.85. The number of hydrogen-bond donors (Lipinski definition) is 1. The van der Waals surface area contributed by atoms with Crippen molar-refractivity contribution in [1.29, 1.82) is 0 Å². The topological polar surface area (TPSA) is 99.5 Å². The molecule has 194 valence electrons. The fraction of sp³-hybridized carbons (Fsp3) is 0.654. The monoisotopic (exact) mass is 504 g/mol. The lowest BCUT2D eigenvalue weighted by molar-refractivity contribution is 0.0202. The molecule has 1 aliphatic heterocycles. The summed E-state index contributed by atoms with van der Waals surface area (Å²) < 4.78 is 22.7. The number of nitrogens with zero attached hydrogens (tertiary/aromatic N) is 3. The van der Waals surface area contributed by atoms with Gasteiger partial charge in [0.25, 0.3) is 5.56 Å². The molecule has 2 aromatic rings. The minimum atomic E-state index is -1.26. The first-order chi connectivity index (χ1) is 16.1. The molecular formula is C26H40N4O4S. The predicted octanol–water partition coefficient (Wildman–Crippen LogP) is 4.47. The number of aromatic nitrogens is 2. The van der Waals surface area contributed by atoms with Crippen LogP contribution in [0.5, 0.6) is 0 Å². The number of carbonyl (C=O) groups is 1. The second-order valence-corrected chi connectivity index (χ2v) is 13.5. The molecule has 1 aromatic carbocycles. The summed E-state index contributed by atoms with van der Waals surface area (Å²) in [5.74, 6) is 0.775. The standard InChI is InChI=1S/C26H40N4O4S/c1-16-14-19(17(2)28-35(33)26(6,7)8)21-20(15-16)23(31)29(9)22(27-21)18-10-12-30(13-11-18)24(32)34-25(3,4)5/h14-15,17-18,28H,10-13H2,1-9H3/t17-,35-/m1/s1. The Hall–Kier alpha value is -2.10. The Morgan fingerprint density at radius 3 is 2.34 bits per heavy atom. The van der Waals surface area contributed by atoms with Gasteiger partial charge in [0, 0.05) is 43.0 Å². The highest BCUT2D eigenvalue weighted by atomic mass is 32.2. The summed E-state index contributed by atoms with van der Waals surface area (Å²) in [7, 11) is 1.77. The molecule has 2 heterocycles. The number of fused-ring (bicyclic) bond motifs is 1. The molecule has 0 bridgehead atoms. The summed E-state index contributed by atoms with van der Waals surface area (Å²) in [6.07, 6.45) is 1.10. The van der Waals surface area contributed by atoms with E-state index in [0.717, 1.165) is 17.0 Å². The van der Waals surface area contributed by atoms with Crippen LogP contribution in [0.25, 0.3) is 10.9 Å². The highest BCUT2D eigenvalue weighted by molar-refractivity contribution is 7.90. The highest BCUT2D eigenvalue weighted by Crippen LogP contribution is 2.30. The van der Waals surface area contributed by atoms with Crippen LogP contribution in [0.4, 0.5) is 4.79 Å². The highest BCUT2D eigenvalue weighted by Gasteiger charge is 2.31. The first-order valence-electron chi connectivity index (χ1n) is 12.3. The van der Waals surface area contributed by atoms with Crippen molar-refractivity contribution in [2.24, 2.45) is 7.05 Å². The van der Waals surface area contributed by atoms with Crippen LogP contribution in [0.15, 0.2) is 16.9 Å². The number of amides is 1. The summed E-state index contributed by atoms with van der Waals surface area (Å²) in [4.78, 5) is 32.6. The van der Waals surface area contributed by atoms with Gasteiger partial charge in [0.1, 0.15) is 16.2 Å². The third-order valence-electron chi connectivity index (χ3n) is 6.21. The zero-order valence-electron chi connectivity index (χ0n) is 22.5. The lowest BCUT2D eigenvalue weighted by atomic mass is 9.95. The molecule has 1 amide bonds. The molecule has 1 saturated heterocycles. The number of aryl methyl sites for hydroxylation is 1. The second-order valence-electron chi connectivity index (χ2n) is 11.5. The molecule has 0 unspecified atom stereocenters. The van der Waals surface area contributed by atoms with Crippen molar-refractivity contribution in [2.75, 3.05) is 13.1 Å². The fourth-order valence-corrected chi connectivity index (χ4v) is 5.11. The number of likely N-dealkylation sites (tertiary alicyclic amines) is 1. The average molecular weight is 505 g/mol. The van der Waals surface area contributed by atoms with E-state index in [-0.39, 0.29) is 23.6 Å². The number of benzene rings is 1. The zero-order chi connectivity index (χ0) is 26.3. The van der Waals surface area contributed by atoms with Crippen LogP contribution in [-0.2, 0) is 23.1 Å². The Kier molecular flexibility index (Phi) is 7.94. The van der Waals surface area contributed by atoms with E-state index in [2.05, 4.69) is 4.72 Å². The summed E-state index contributed by atoms with van der Waals surface area (Å²) in [6, 6.07) is 3.64. The van der Waals surface area contributed by atoms with Gasteiger partial charge < -0.3 is 14.2 Å². The summed E-state index contributed by atoms with van der Waals surface area (Å²) >= 11 is -1.26. The van der Waals surface area contributed by atoms with E-state index in [9.17, 15) is 14.1 Å². The third kappa shape index (κ3) is 6.37. The van der Waals surface area contributed by atoms with Crippen LogP contribution < -0.4 is 10.3 Å². The van der Waals surface area contributed by atoms with Crippen LogP contribution in [0.1, 0.15) is 90.2 Å². The van der Waals surface area contributed by atoms with Crippen LogP contribution in [0, 0.1) is 6.92 Å². The normalized spacial score (nSPS) is 17.5. The molecule has 35 heavy (non-hydrogen) atoms. The van der Waals surface area contributed by atoms with Gasteiger partial charge in [-0.25, -0.2) is 9.78 Å². The number of ether oxygens (including phenoxy) is 1. The average Bonchev–Trinajstić information content (AvgIpc) is 2.74. The van der Waals surface area contributed by atoms with E-state index in [1.165, 1.54) is 0 Å². The molecule has 0 saturated carbocycles. The lowest BCUT2D eigenvalue weighted by Gasteiger charge is -2.33. The minimum Gasteiger partial charge on any atom is -0.598 e. The molecule has 1 N–H and O–H groups in total. The molecule has 8 nitrogen and oxygen atoms in total. The van der Waals surface area contributed by atoms with Crippen LogP contribution in [0.2, 0.25) is 0 Å². The molecular weight excluding hydrogens is 464 g/mol. The molecule has 0 spiro atoms. The van der Waals surface area contributed by atoms with Crippen molar-refractivity contribution in [3.8, 4) is 0 Å². The Labute approximate surface area is 211 Å². The number of hydrogen-bond acceptors (Lipinski definition) is 6. The lowest BCUT2D eigenvalue weighted by Crippen LogP contribution is -2.42. The molecule has 3 rings (SSSR count). The van der Waals surface area contributed by atoms with E-state index < -0.39 is 21.7 Å². The second kappa shape index (κ2) is 10.1. The smallest absolute Gasteiger partial charge is 0.410 e. The number of carbonyl (C=O) groups excluding carboxylic acids is 1. The first kappa shape index (κ1) is 27.5. The van der Waals surface area contributed by atoms with Crippen molar-refractivity contribution >= 4 is 28.4 Å². The Bertz CT molecular complexity index is 1140. The van der Waals surface area contributed by atoms with Crippen LogP contribution >= 0.6 is 0 Å². The van der Waals surface area contributed by atoms with Gasteiger partial charge in [-0.2, -0.15) is 0 Å². The molecule has 1 aromatic heterocycles. The van der Waals surface area contributed by atoms with E-state index in [0.29, 0.717) is 36.8 Å². The maximum absolute atomic E-state index is 13.4. The SMILES string of the molecule is Cc1cc([C@@H](C)N[S@+]([O-])C(C)(C)C)c2nc(C3CCN(C(=O)OC(C)(C)C)CC3)n(C)c(=O)c2c1. The van der Waals surface area contributed by atoms with E-state index in [1.807, 2.05) is 67.5 Å². The molecule has 9 heteroatoms. The minimum absolute atomic E-state index is 0.0527. The quantitative estimate of drug-likeness (QED) is 0.617. The largest absolute Gasteiger partial charge is 0.598 e. The van der Waals surface area contributed by atoms with Gasteiger partial charge in [-0.1, -0.05) is 6.07 Å². The van der Waals surface area contributed by atoms with E-state index in [1.54, 1.807) is 16.5 Å². The van der Waals surface area contributed by atoms with Gasteiger partial charge >= 0.3 is 6.09 Å². The molecule has 1 aliphatic rings. The molecule has 0 radical (unpaired) electrons.